The highest BCUT2D eigenvalue weighted by Crippen LogP contribution is 2.24. The second kappa shape index (κ2) is 10.1. The van der Waals surface area contributed by atoms with Gasteiger partial charge in [0.25, 0.3) is 5.91 Å². The van der Waals surface area contributed by atoms with E-state index in [4.69, 9.17) is 27.9 Å². The number of amides is 1. The number of ether oxygens (including phenoxy) is 1. The number of carbonyl (C=O) groups excluding carboxylic acids is 1. The lowest BCUT2D eigenvalue weighted by Crippen LogP contribution is -2.28. The normalized spacial score (nSPS) is 11.2. The molecule has 148 valence electrons. The summed E-state index contributed by atoms with van der Waals surface area (Å²) in [4.78, 5) is 12.9. The Balaban J connectivity index is 1.69. The molecule has 3 aromatic rings. The zero-order chi connectivity index (χ0) is 20.6. The number of benzene rings is 3. The van der Waals surface area contributed by atoms with Gasteiger partial charge in [-0.3, -0.25) is 4.79 Å². The average Bonchev–Trinajstić information content (AvgIpc) is 2.73. The van der Waals surface area contributed by atoms with Gasteiger partial charge in [0.15, 0.2) is 0 Å². The fourth-order valence-electron chi connectivity index (χ4n) is 2.74. The van der Waals surface area contributed by atoms with Crippen LogP contribution in [0.15, 0.2) is 72.8 Å². The van der Waals surface area contributed by atoms with Crippen molar-refractivity contribution in [3.05, 3.63) is 99.5 Å². The van der Waals surface area contributed by atoms with E-state index in [0.717, 1.165) is 16.7 Å². The lowest BCUT2D eigenvalue weighted by Gasteiger charge is -2.11. The summed E-state index contributed by atoms with van der Waals surface area (Å²) in [5, 5.41) is 4.15. The summed E-state index contributed by atoms with van der Waals surface area (Å²) < 4.78 is 5.68. The Kier molecular flexibility index (Phi) is 7.34. The molecular formula is C24H21Cl2NO2. The topological polar surface area (TPSA) is 38.3 Å². The van der Waals surface area contributed by atoms with Gasteiger partial charge in [-0.15, -0.1) is 0 Å². The standard InChI is InChI=1S/C24H21Cl2NO2/c1-17-11-12-20(16-23(17)26)29-14-13-27-24(28)21(18-7-3-2-4-8-18)15-19-9-5-6-10-22(19)25/h2-12,15-16H,13-14H2,1H3,(H,27,28)/b21-15+. The van der Waals surface area contributed by atoms with Gasteiger partial charge < -0.3 is 10.1 Å². The molecule has 0 saturated heterocycles. The maximum absolute atomic E-state index is 12.9. The molecule has 1 amide bonds. The van der Waals surface area contributed by atoms with Gasteiger partial charge in [-0.25, -0.2) is 0 Å². The first-order chi connectivity index (χ1) is 14.0. The molecule has 0 unspecified atom stereocenters. The van der Waals surface area contributed by atoms with Gasteiger partial charge in [-0.2, -0.15) is 0 Å². The molecule has 0 aliphatic carbocycles. The van der Waals surface area contributed by atoms with E-state index in [-0.39, 0.29) is 5.91 Å². The highest BCUT2D eigenvalue weighted by atomic mass is 35.5. The Morgan fingerprint density at radius 1 is 0.966 bits per heavy atom. The Labute approximate surface area is 180 Å². The molecule has 0 aromatic heterocycles. The van der Waals surface area contributed by atoms with Crippen LogP contribution in [0.2, 0.25) is 10.0 Å². The number of halogens is 2. The van der Waals surface area contributed by atoms with E-state index in [0.29, 0.717) is 34.5 Å². The van der Waals surface area contributed by atoms with Gasteiger partial charge in [0, 0.05) is 15.6 Å². The molecule has 3 rings (SSSR count). The summed E-state index contributed by atoms with van der Waals surface area (Å²) >= 11 is 12.4. The van der Waals surface area contributed by atoms with E-state index >= 15 is 0 Å². The second-order valence-electron chi connectivity index (χ2n) is 6.46. The van der Waals surface area contributed by atoms with Crippen LogP contribution < -0.4 is 10.1 Å². The minimum Gasteiger partial charge on any atom is -0.492 e. The smallest absolute Gasteiger partial charge is 0.252 e. The molecular weight excluding hydrogens is 405 g/mol. The molecule has 5 heteroatoms. The first kappa shape index (κ1) is 21.0. The van der Waals surface area contributed by atoms with Crippen LogP contribution in [0.3, 0.4) is 0 Å². The molecule has 0 aliphatic heterocycles. The number of hydrogen-bond acceptors (Lipinski definition) is 2. The summed E-state index contributed by atoms with van der Waals surface area (Å²) in [6.45, 7) is 2.62. The Morgan fingerprint density at radius 2 is 1.69 bits per heavy atom. The van der Waals surface area contributed by atoms with E-state index in [1.165, 1.54) is 0 Å². The van der Waals surface area contributed by atoms with Crippen LogP contribution in [-0.4, -0.2) is 19.1 Å². The van der Waals surface area contributed by atoms with Gasteiger partial charge in [-0.1, -0.05) is 77.8 Å². The second-order valence-corrected chi connectivity index (χ2v) is 7.28. The van der Waals surface area contributed by atoms with Crippen molar-refractivity contribution in [1.82, 2.24) is 5.32 Å². The Hall–Kier alpha value is -2.75. The van der Waals surface area contributed by atoms with Crippen LogP contribution in [0.5, 0.6) is 5.75 Å². The predicted molar refractivity (Wildman–Crippen MR) is 120 cm³/mol. The molecule has 3 aromatic carbocycles. The Bertz CT molecular complexity index is 1020. The highest BCUT2D eigenvalue weighted by Gasteiger charge is 2.12. The summed E-state index contributed by atoms with van der Waals surface area (Å²) in [7, 11) is 0. The van der Waals surface area contributed by atoms with Gasteiger partial charge in [-0.05, 0) is 47.9 Å². The molecule has 0 heterocycles. The molecule has 3 nitrogen and oxygen atoms in total. The van der Waals surface area contributed by atoms with Crippen LogP contribution in [0.25, 0.3) is 11.6 Å². The van der Waals surface area contributed by atoms with E-state index in [2.05, 4.69) is 5.32 Å². The summed E-state index contributed by atoms with van der Waals surface area (Å²) in [6, 6.07) is 22.4. The molecule has 0 bridgehead atoms. The van der Waals surface area contributed by atoms with Gasteiger partial charge in [0.1, 0.15) is 12.4 Å². The largest absolute Gasteiger partial charge is 0.492 e. The van der Waals surface area contributed by atoms with Crippen LogP contribution in [-0.2, 0) is 4.79 Å². The minimum atomic E-state index is -0.193. The quantitative estimate of drug-likeness (QED) is 0.284. The first-order valence-electron chi connectivity index (χ1n) is 9.23. The Morgan fingerprint density at radius 3 is 2.41 bits per heavy atom. The third-order valence-corrected chi connectivity index (χ3v) is 5.09. The van der Waals surface area contributed by atoms with Crippen LogP contribution in [0.4, 0.5) is 0 Å². The zero-order valence-electron chi connectivity index (χ0n) is 16.0. The summed E-state index contributed by atoms with van der Waals surface area (Å²) in [6.07, 6.45) is 1.80. The van der Waals surface area contributed by atoms with Crippen LogP contribution in [0.1, 0.15) is 16.7 Å². The van der Waals surface area contributed by atoms with E-state index in [1.54, 1.807) is 18.2 Å². The number of nitrogens with one attached hydrogen (secondary N) is 1. The number of aryl methyl sites for hydroxylation is 1. The third kappa shape index (κ3) is 5.86. The van der Waals surface area contributed by atoms with Crippen LogP contribution >= 0.6 is 23.2 Å². The number of rotatable bonds is 7. The molecule has 0 spiro atoms. The monoisotopic (exact) mass is 425 g/mol. The van der Waals surface area contributed by atoms with Crippen LogP contribution in [0, 0.1) is 6.92 Å². The number of hydrogen-bond donors (Lipinski definition) is 1. The van der Waals surface area contributed by atoms with Crippen molar-refractivity contribution in [3.63, 3.8) is 0 Å². The lowest BCUT2D eigenvalue weighted by molar-refractivity contribution is -0.115. The third-order valence-electron chi connectivity index (χ3n) is 4.33. The summed E-state index contributed by atoms with van der Waals surface area (Å²) in [5.41, 5.74) is 3.13. The van der Waals surface area contributed by atoms with Crippen molar-refractivity contribution in [2.24, 2.45) is 0 Å². The van der Waals surface area contributed by atoms with Crippen molar-refractivity contribution in [2.75, 3.05) is 13.2 Å². The van der Waals surface area contributed by atoms with E-state index in [9.17, 15) is 4.79 Å². The fraction of sp³-hybridized carbons (Fsp3) is 0.125. The molecule has 0 fully saturated rings. The molecule has 29 heavy (non-hydrogen) atoms. The molecule has 0 radical (unpaired) electrons. The lowest BCUT2D eigenvalue weighted by atomic mass is 10.0. The predicted octanol–water partition coefficient (Wildman–Crippen LogP) is 6.04. The SMILES string of the molecule is Cc1ccc(OCCNC(=O)/C(=C/c2ccccc2Cl)c2ccccc2)cc1Cl. The highest BCUT2D eigenvalue weighted by molar-refractivity contribution is 6.33. The molecule has 1 N–H and O–H groups in total. The molecule has 0 atom stereocenters. The van der Waals surface area contributed by atoms with E-state index < -0.39 is 0 Å². The van der Waals surface area contributed by atoms with E-state index in [1.807, 2.05) is 67.6 Å². The van der Waals surface area contributed by atoms with Crippen molar-refractivity contribution in [2.45, 2.75) is 6.92 Å². The first-order valence-corrected chi connectivity index (χ1v) is 9.99. The van der Waals surface area contributed by atoms with Gasteiger partial charge in [0.2, 0.25) is 0 Å². The van der Waals surface area contributed by atoms with Gasteiger partial charge >= 0.3 is 0 Å². The summed E-state index contributed by atoms with van der Waals surface area (Å²) in [5.74, 6) is 0.478. The average molecular weight is 426 g/mol. The fourth-order valence-corrected chi connectivity index (χ4v) is 3.10. The van der Waals surface area contributed by atoms with Crippen molar-refractivity contribution in [3.8, 4) is 5.75 Å². The maximum Gasteiger partial charge on any atom is 0.252 e. The van der Waals surface area contributed by atoms with Crippen molar-refractivity contribution >= 4 is 40.8 Å². The molecule has 0 aliphatic rings. The number of carbonyl (C=O) groups is 1. The minimum absolute atomic E-state index is 0.193. The van der Waals surface area contributed by atoms with Gasteiger partial charge in [0.05, 0.1) is 6.54 Å². The zero-order valence-corrected chi connectivity index (χ0v) is 17.5. The van der Waals surface area contributed by atoms with Crippen molar-refractivity contribution < 1.29 is 9.53 Å². The maximum atomic E-state index is 12.9. The van der Waals surface area contributed by atoms with Crippen molar-refractivity contribution in [1.29, 1.82) is 0 Å². The molecule has 0 saturated carbocycles.